The Bertz CT molecular complexity index is 1300. The van der Waals surface area contributed by atoms with Gasteiger partial charge in [-0.3, -0.25) is 9.59 Å². The van der Waals surface area contributed by atoms with Crippen LogP contribution in [0.25, 0.3) is 27.8 Å². The number of hydrogen-bond acceptors (Lipinski definition) is 6. The molecule has 9 heteroatoms. The van der Waals surface area contributed by atoms with Crippen LogP contribution < -0.4 is 10.3 Å². The molecule has 0 atom stereocenters. The number of rotatable bonds is 5. The number of ether oxygens (including phenoxy) is 1. The van der Waals surface area contributed by atoms with E-state index in [0.29, 0.717) is 33.7 Å². The van der Waals surface area contributed by atoms with Crippen LogP contribution in [0, 0.1) is 0 Å². The van der Waals surface area contributed by atoms with Gasteiger partial charge in [0, 0.05) is 21.8 Å². The Morgan fingerprint density at radius 2 is 1.93 bits per heavy atom. The van der Waals surface area contributed by atoms with Gasteiger partial charge < -0.3 is 9.84 Å². The van der Waals surface area contributed by atoms with Crippen LogP contribution in [0.3, 0.4) is 0 Å². The summed E-state index contributed by atoms with van der Waals surface area (Å²) in [5.74, 6) is 0.127. The van der Waals surface area contributed by atoms with Crippen molar-refractivity contribution in [3.05, 3.63) is 63.1 Å². The maximum Gasteiger partial charge on any atom is 0.303 e. The third kappa shape index (κ3) is 3.68. The zero-order valence-corrected chi connectivity index (χ0v) is 16.9. The molecule has 0 aliphatic heterocycles. The summed E-state index contributed by atoms with van der Waals surface area (Å²) in [5.41, 5.74) is 1.19. The Morgan fingerprint density at radius 1 is 1.17 bits per heavy atom. The van der Waals surface area contributed by atoms with E-state index >= 15 is 0 Å². The molecule has 2 heterocycles. The van der Waals surface area contributed by atoms with Gasteiger partial charge in [0.15, 0.2) is 11.3 Å². The normalized spacial score (nSPS) is 11.1. The van der Waals surface area contributed by atoms with E-state index in [1.807, 2.05) is 6.07 Å². The van der Waals surface area contributed by atoms with Crippen molar-refractivity contribution >= 4 is 38.4 Å². The molecule has 0 fully saturated rings. The van der Waals surface area contributed by atoms with Crippen molar-refractivity contribution in [2.75, 3.05) is 7.11 Å². The average Bonchev–Trinajstić information content (AvgIpc) is 2.72. The minimum absolute atomic E-state index is 0.115. The van der Waals surface area contributed by atoms with Gasteiger partial charge in [-0.25, -0.2) is 4.98 Å². The number of aryl methyl sites for hydroxylation is 1. The topological polar surface area (TPSA) is 107 Å². The summed E-state index contributed by atoms with van der Waals surface area (Å²) in [5, 5.41) is 14.2. The van der Waals surface area contributed by atoms with E-state index in [9.17, 15) is 9.59 Å². The number of fused-ring (bicyclic) bond motifs is 3. The lowest BCUT2D eigenvalue weighted by atomic mass is 10.1. The first kappa shape index (κ1) is 19.0. The van der Waals surface area contributed by atoms with E-state index in [0.717, 1.165) is 4.47 Å². The molecule has 0 aliphatic carbocycles. The van der Waals surface area contributed by atoms with Crippen molar-refractivity contribution < 1.29 is 14.6 Å². The molecule has 8 nitrogen and oxygen atoms in total. The largest absolute Gasteiger partial charge is 0.497 e. The van der Waals surface area contributed by atoms with Gasteiger partial charge in [0.25, 0.3) is 5.56 Å². The van der Waals surface area contributed by atoms with Crippen molar-refractivity contribution in [3.8, 4) is 17.0 Å². The highest BCUT2D eigenvalue weighted by Gasteiger charge is 2.16. The minimum Gasteiger partial charge on any atom is -0.497 e. The highest BCUT2D eigenvalue weighted by Crippen LogP contribution is 2.24. The molecule has 0 aliphatic rings. The lowest BCUT2D eigenvalue weighted by Gasteiger charge is -2.11. The lowest BCUT2D eigenvalue weighted by molar-refractivity contribution is -0.137. The molecule has 0 bridgehead atoms. The van der Waals surface area contributed by atoms with Crippen molar-refractivity contribution in [2.24, 2.45) is 0 Å². The van der Waals surface area contributed by atoms with Gasteiger partial charge >= 0.3 is 5.97 Å². The quantitative estimate of drug-likeness (QED) is 0.461. The van der Waals surface area contributed by atoms with E-state index in [2.05, 4.69) is 31.0 Å². The lowest BCUT2D eigenvalue weighted by Crippen LogP contribution is -2.19. The minimum atomic E-state index is -0.944. The van der Waals surface area contributed by atoms with E-state index in [1.165, 1.54) is 4.52 Å². The Morgan fingerprint density at radius 3 is 2.62 bits per heavy atom. The molecule has 0 spiro atoms. The first-order valence-corrected chi connectivity index (χ1v) is 9.51. The van der Waals surface area contributed by atoms with Crippen molar-refractivity contribution in [1.82, 2.24) is 19.6 Å². The van der Waals surface area contributed by atoms with Crippen LogP contribution in [-0.2, 0) is 11.2 Å². The Hall–Kier alpha value is -3.33. The molecule has 2 aromatic carbocycles. The summed E-state index contributed by atoms with van der Waals surface area (Å²) in [6.45, 7) is 0. The first-order chi connectivity index (χ1) is 14.0. The molecule has 29 heavy (non-hydrogen) atoms. The highest BCUT2D eigenvalue weighted by atomic mass is 79.9. The van der Waals surface area contributed by atoms with Crippen LogP contribution in [0.5, 0.6) is 5.75 Å². The second-order valence-corrected chi connectivity index (χ2v) is 7.23. The third-order valence-electron chi connectivity index (χ3n) is 4.43. The van der Waals surface area contributed by atoms with Crippen LogP contribution in [0.2, 0.25) is 0 Å². The number of carbonyl (C=O) groups is 1. The second kappa shape index (κ2) is 7.59. The average molecular weight is 455 g/mol. The zero-order valence-electron chi connectivity index (χ0n) is 15.3. The summed E-state index contributed by atoms with van der Waals surface area (Å²) in [6.07, 6.45) is 0.0350. The summed E-state index contributed by atoms with van der Waals surface area (Å²) in [4.78, 5) is 32.6. The van der Waals surface area contributed by atoms with Gasteiger partial charge in [0.05, 0.1) is 19.0 Å². The Balaban J connectivity index is 1.99. The standard InChI is InChI=1S/C20H15BrN4O4/c1-29-13-5-2-11(3-6-13)18-20(28)23-19-14-10-12(21)4-7-15(14)22-16(25(19)24-18)8-9-17(26)27/h2-7,10H,8-9H2,1H3,(H,26,27). The van der Waals surface area contributed by atoms with Gasteiger partial charge in [-0.1, -0.05) is 15.9 Å². The number of methoxy groups -OCH3 is 1. The fourth-order valence-electron chi connectivity index (χ4n) is 3.02. The van der Waals surface area contributed by atoms with E-state index in [1.54, 1.807) is 43.5 Å². The summed E-state index contributed by atoms with van der Waals surface area (Å²) < 4.78 is 7.41. The van der Waals surface area contributed by atoms with E-state index in [-0.39, 0.29) is 18.5 Å². The van der Waals surface area contributed by atoms with Gasteiger partial charge in [-0.2, -0.15) is 14.6 Å². The third-order valence-corrected chi connectivity index (χ3v) is 4.92. The van der Waals surface area contributed by atoms with Crippen LogP contribution in [0.1, 0.15) is 12.2 Å². The SMILES string of the molecule is COc1ccc(-c2nn3c(CCC(=O)O)nc4ccc(Br)cc4c3nc2=O)cc1. The molecular weight excluding hydrogens is 440 g/mol. The zero-order chi connectivity index (χ0) is 20.5. The van der Waals surface area contributed by atoms with Crippen molar-refractivity contribution in [1.29, 1.82) is 0 Å². The second-order valence-electron chi connectivity index (χ2n) is 6.31. The maximum absolute atomic E-state index is 12.7. The molecule has 146 valence electrons. The number of hydrogen-bond donors (Lipinski definition) is 1. The van der Waals surface area contributed by atoms with E-state index < -0.39 is 11.5 Å². The van der Waals surface area contributed by atoms with Crippen molar-refractivity contribution in [2.45, 2.75) is 12.8 Å². The number of halogens is 1. The molecule has 0 saturated heterocycles. The van der Waals surface area contributed by atoms with Gasteiger partial charge in [0.1, 0.15) is 11.6 Å². The van der Waals surface area contributed by atoms with Gasteiger partial charge in [-0.15, -0.1) is 0 Å². The number of carboxylic acids is 1. The fraction of sp³-hybridized carbons (Fsp3) is 0.150. The molecular formula is C20H15BrN4O4. The number of nitrogens with zero attached hydrogens (tertiary/aromatic N) is 4. The van der Waals surface area contributed by atoms with Crippen LogP contribution in [0.4, 0.5) is 0 Å². The summed E-state index contributed by atoms with van der Waals surface area (Å²) >= 11 is 3.42. The smallest absolute Gasteiger partial charge is 0.303 e. The molecule has 0 radical (unpaired) electrons. The van der Waals surface area contributed by atoms with Crippen LogP contribution >= 0.6 is 15.9 Å². The highest BCUT2D eigenvalue weighted by molar-refractivity contribution is 9.10. The van der Waals surface area contributed by atoms with E-state index in [4.69, 9.17) is 9.84 Å². The number of carboxylic acid groups (broad SMARTS) is 1. The maximum atomic E-state index is 12.7. The molecule has 0 saturated carbocycles. The van der Waals surface area contributed by atoms with Crippen molar-refractivity contribution in [3.63, 3.8) is 0 Å². The molecule has 0 unspecified atom stereocenters. The molecule has 1 N–H and O–H groups in total. The predicted molar refractivity (Wildman–Crippen MR) is 110 cm³/mol. The first-order valence-electron chi connectivity index (χ1n) is 8.71. The Labute approximate surface area is 172 Å². The number of benzene rings is 2. The predicted octanol–water partition coefficient (Wildman–Crippen LogP) is 3.09. The number of aromatic nitrogens is 4. The van der Waals surface area contributed by atoms with Gasteiger partial charge in [0.2, 0.25) is 0 Å². The molecule has 4 rings (SSSR count). The fourth-order valence-corrected chi connectivity index (χ4v) is 3.38. The summed E-state index contributed by atoms with van der Waals surface area (Å²) in [7, 11) is 1.56. The molecule has 2 aromatic heterocycles. The Kier molecular flexibility index (Phi) is 4.98. The molecule has 0 amide bonds. The molecule has 4 aromatic rings. The monoisotopic (exact) mass is 454 g/mol. The number of aliphatic carboxylic acids is 1. The van der Waals surface area contributed by atoms with Crippen LogP contribution in [0.15, 0.2) is 51.7 Å². The van der Waals surface area contributed by atoms with Crippen LogP contribution in [-0.4, -0.2) is 37.8 Å². The van der Waals surface area contributed by atoms with Gasteiger partial charge in [-0.05, 0) is 42.5 Å². The summed E-state index contributed by atoms with van der Waals surface area (Å²) in [6, 6.07) is 12.3.